The number of carbonyl (C=O) groups excluding carboxylic acids is 2. The molecular weight excluding hydrogens is 220 g/mol. The van der Waals surface area contributed by atoms with Gasteiger partial charge in [-0.05, 0) is 26.8 Å². The molecule has 1 saturated heterocycles. The van der Waals surface area contributed by atoms with E-state index in [0.29, 0.717) is 26.2 Å². The minimum atomic E-state index is -0.481. The van der Waals surface area contributed by atoms with E-state index >= 15 is 0 Å². The van der Waals surface area contributed by atoms with Gasteiger partial charge < -0.3 is 14.5 Å². The van der Waals surface area contributed by atoms with Crippen LogP contribution >= 0.6 is 0 Å². The quantitative estimate of drug-likeness (QED) is 0.648. The molecule has 0 saturated carbocycles. The molecule has 1 aliphatic heterocycles. The van der Waals surface area contributed by atoms with Crippen molar-refractivity contribution in [2.24, 2.45) is 0 Å². The SMILES string of the molecule is C=CC(=O)N1CCN(C(=O)OC(C)(C)C)CC1. The van der Waals surface area contributed by atoms with Crippen molar-refractivity contribution in [3.05, 3.63) is 12.7 Å². The number of amides is 2. The van der Waals surface area contributed by atoms with Gasteiger partial charge in [-0.3, -0.25) is 4.79 Å². The van der Waals surface area contributed by atoms with Crippen LogP contribution in [-0.4, -0.2) is 53.6 Å². The Morgan fingerprint density at radius 2 is 1.59 bits per heavy atom. The van der Waals surface area contributed by atoms with Crippen LogP contribution in [0.2, 0.25) is 0 Å². The van der Waals surface area contributed by atoms with Crippen LogP contribution in [0.15, 0.2) is 12.7 Å². The highest BCUT2D eigenvalue weighted by Gasteiger charge is 2.26. The van der Waals surface area contributed by atoms with E-state index < -0.39 is 5.60 Å². The maximum absolute atomic E-state index is 11.7. The van der Waals surface area contributed by atoms with Crippen molar-refractivity contribution in [1.82, 2.24) is 9.80 Å². The van der Waals surface area contributed by atoms with Gasteiger partial charge >= 0.3 is 6.09 Å². The molecule has 0 aromatic heterocycles. The van der Waals surface area contributed by atoms with Crippen molar-refractivity contribution in [1.29, 1.82) is 0 Å². The van der Waals surface area contributed by atoms with Gasteiger partial charge in [0.15, 0.2) is 0 Å². The number of hydrogen-bond acceptors (Lipinski definition) is 3. The lowest BCUT2D eigenvalue weighted by Crippen LogP contribution is -2.51. The fraction of sp³-hybridized carbons (Fsp3) is 0.667. The molecule has 0 N–H and O–H groups in total. The summed E-state index contributed by atoms with van der Waals surface area (Å²) >= 11 is 0. The lowest BCUT2D eigenvalue weighted by Gasteiger charge is -2.35. The highest BCUT2D eigenvalue weighted by Crippen LogP contribution is 2.11. The fourth-order valence-corrected chi connectivity index (χ4v) is 1.56. The van der Waals surface area contributed by atoms with Gasteiger partial charge in [-0.1, -0.05) is 6.58 Å². The molecule has 0 radical (unpaired) electrons. The molecular formula is C12H20N2O3. The average molecular weight is 240 g/mol. The summed E-state index contributed by atoms with van der Waals surface area (Å²) in [5.74, 6) is -0.0890. The maximum atomic E-state index is 11.7. The molecule has 17 heavy (non-hydrogen) atoms. The number of piperazine rings is 1. The summed E-state index contributed by atoms with van der Waals surface area (Å²) in [7, 11) is 0. The van der Waals surface area contributed by atoms with Crippen LogP contribution in [0.25, 0.3) is 0 Å². The van der Waals surface area contributed by atoms with Gasteiger partial charge in [0.2, 0.25) is 5.91 Å². The van der Waals surface area contributed by atoms with Crippen LogP contribution < -0.4 is 0 Å². The molecule has 0 atom stereocenters. The Kier molecular flexibility index (Phi) is 4.15. The van der Waals surface area contributed by atoms with Crippen molar-refractivity contribution in [2.75, 3.05) is 26.2 Å². The second-order valence-electron chi connectivity index (χ2n) is 5.00. The molecule has 0 aromatic rings. The fourth-order valence-electron chi connectivity index (χ4n) is 1.56. The zero-order valence-electron chi connectivity index (χ0n) is 10.7. The Hall–Kier alpha value is -1.52. The molecule has 1 rings (SSSR count). The molecule has 0 bridgehead atoms. The molecule has 0 aromatic carbocycles. The third-order valence-electron chi connectivity index (χ3n) is 2.42. The summed E-state index contributed by atoms with van der Waals surface area (Å²) in [6, 6.07) is 0. The monoisotopic (exact) mass is 240 g/mol. The van der Waals surface area contributed by atoms with Crippen LogP contribution in [0.5, 0.6) is 0 Å². The molecule has 5 heteroatoms. The largest absolute Gasteiger partial charge is 0.444 e. The van der Waals surface area contributed by atoms with E-state index in [1.165, 1.54) is 6.08 Å². The van der Waals surface area contributed by atoms with Gasteiger partial charge in [-0.15, -0.1) is 0 Å². The minimum Gasteiger partial charge on any atom is -0.444 e. The van der Waals surface area contributed by atoms with E-state index in [4.69, 9.17) is 4.74 Å². The number of ether oxygens (including phenoxy) is 1. The summed E-state index contributed by atoms with van der Waals surface area (Å²) in [6.45, 7) is 11.0. The lowest BCUT2D eigenvalue weighted by molar-refractivity contribution is -0.127. The third-order valence-corrected chi connectivity index (χ3v) is 2.42. The van der Waals surface area contributed by atoms with Crippen LogP contribution in [0.4, 0.5) is 4.79 Å². The van der Waals surface area contributed by atoms with Crippen LogP contribution in [0.1, 0.15) is 20.8 Å². The van der Waals surface area contributed by atoms with E-state index in [9.17, 15) is 9.59 Å². The first-order valence-corrected chi connectivity index (χ1v) is 5.73. The summed E-state index contributed by atoms with van der Waals surface area (Å²) in [5, 5.41) is 0. The van der Waals surface area contributed by atoms with Crippen molar-refractivity contribution in [3.63, 3.8) is 0 Å². The summed E-state index contributed by atoms with van der Waals surface area (Å²) in [5.41, 5.74) is -0.481. The molecule has 0 aliphatic carbocycles. The predicted molar refractivity (Wildman–Crippen MR) is 64.6 cm³/mol. The Morgan fingerprint density at radius 1 is 1.12 bits per heavy atom. The van der Waals surface area contributed by atoms with Crippen molar-refractivity contribution in [2.45, 2.75) is 26.4 Å². The normalized spacial score (nSPS) is 16.6. The molecule has 0 spiro atoms. The van der Waals surface area contributed by atoms with Gasteiger partial charge in [-0.2, -0.15) is 0 Å². The van der Waals surface area contributed by atoms with E-state index in [2.05, 4.69) is 6.58 Å². The summed E-state index contributed by atoms with van der Waals surface area (Å²) < 4.78 is 5.26. The summed E-state index contributed by atoms with van der Waals surface area (Å²) in [6.07, 6.45) is 0.978. The number of rotatable bonds is 1. The highest BCUT2D eigenvalue weighted by atomic mass is 16.6. The van der Waals surface area contributed by atoms with Crippen LogP contribution in [-0.2, 0) is 9.53 Å². The Balaban J connectivity index is 2.44. The van der Waals surface area contributed by atoms with Crippen molar-refractivity contribution < 1.29 is 14.3 Å². The number of hydrogen-bond donors (Lipinski definition) is 0. The molecule has 96 valence electrons. The number of carbonyl (C=O) groups is 2. The first-order valence-electron chi connectivity index (χ1n) is 5.73. The van der Waals surface area contributed by atoms with Crippen LogP contribution in [0, 0.1) is 0 Å². The molecule has 2 amide bonds. The van der Waals surface area contributed by atoms with Gasteiger partial charge in [0.1, 0.15) is 5.60 Å². The third kappa shape index (κ3) is 4.09. The summed E-state index contributed by atoms with van der Waals surface area (Å²) in [4.78, 5) is 26.4. The zero-order chi connectivity index (χ0) is 13.1. The second-order valence-corrected chi connectivity index (χ2v) is 5.00. The average Bonchev–Trinajstić information content (AvgIpc) is 2.26. The Labute approximate surface area is 102 Å². The smallest absolute Gasteiger partial charge is 0.410 e. The van der Waals surface area contributed by atoms with Gasteiger partial charge in [0.25, 0.3) is 0 Å². The maximum Gasteiger partial charge on any atom is 0.410 e. The molecule has 1 aliphatic rings. The first-order chi connectivity index (χ1) is 7.83. The predicted octanol–water partition coefficient (Wildman–Crippen LogP) is 1.25. The molecule has 1 fully saturated rings. The van der Waals surface area contributed by atoms with Gasteiger partial charge in [0.05, 0.1) is 0 Å². The van der Waals surface area contributed by atoms with Crippen LogP contribution in [0.3, 0.4) is 0 Å². The number of nitrogens with zero attached hydrogens (tertiary/aromatic N) is 2. The second kappa shape index (κ2) is 5.21. The molecule has 1 heterocycles. The minimum absolute atomic E-state index is 0.0890. The molecule has 5 nitrogen and oxygen atoms in total. The van der Waals surface area contributed by atoms with Gasteiger partial charge in [0, 0.05) is 26.2 Å². The highest BCUT2D eigenvalue weighted by molar-refractivity contribution is 5.87. The van der Waals surface area contributed by atoms with E-state index in [1.807, 2.05) is 20.8 Å². The van der Waals surface area contributed by atoms with Gasteiger partial charge in [-0.25, -0.2) is 4.79 Å². The van der Waals surface area contributed by atoms with E-state index in [0.717, 1.165) is 0 Å². The standard InChI is InChI=1S/C12H20N2O3/c1-5-10(15)13-6-8-14(9-7-13)11(16)17-12(2,3)4/h5H,1,6-9H2,2-4H3. The lowest BCUT2D eigenvalue weighted by atomic mass is 10.2. The van der Waals surface area contributed by atoms with Crippen molar-refractivity contribution >= 4 is 12.0 Å². The van der Waals surface area contributed by atoms with E-state index in [-0.39, 0.29) is 12.0 Å². The Morgan fingerprint density at radius 3 is 2.00 bits per heavy atom. The Bertz CT molecular complexity index is 312. The van der Waals surface area contributed by atoms with E-state index in [1.54, 1.807) is 9.80 Å². The van der Waals surface area contributed by atoms with Crippen molar-refractivity contribution in [3.8, 4) is 0 Å². The topological polar surface area (TPSA) is 49.9 Å². The molecule has 0 unspecified atom stereocenters. The zero-order valence-corrected chi connectivity index (χ0v) is 10.7. The first kappa shape index (κ1) is 13.5.